The molecule has 1 aromatic rings. The number of rotatable bonds is 4. The van der Waals surface area contributed by atoms with Crippen LogP contribution in [0.3, 0.4) is 0 Å². The molecule has 6 nitrogen and oxygen atoms in total. The van der Waals surface area contributed by atoms with Crippen LogP contribution in [0.1, 0.15) is 23.3 Å². The molecule has 1 fully saturated rings. The summed E-state index contributed by atoms with van der Waals surface area (Å²) >= 11 is 11.9. The fraction of sp³-hybridized carbons (Fsp3) is 0.571. The number of hydrogen-bond acceptors (Lipinski definition) is 3. The lowest BCUT2D eigenvalue weighted by Crippen LogP contribution is -2.47. The first-order valence-corrected chi connectivity index (χ1v) is 7.92. The number of likely N-dealkylation sites (tertiary alicyclic amines) is 1. The summed E-state index contributed by atoms with van der Waals surface area (Å²) < 4.78 is 1.57. The van der Waals surface area contributed by atoms with Gasteiger partial charge in [-0.25, -0.2) is 0 Å². The highest BCUT2D eigenvalue weighted by Crippen LogP contribution is 2.25. The van der Waals surface area contributed by atoms with Gasteiger partial charge in [-0.3, -0.25) is 14.5 Å². The van der Waals surface area contributed by atoms with E-state index < -0.39 is 0 Å². The minimum atomic E-state index is -0.180. The third-order valence-corrected chi connectivity index (χ3v) is 4.76. The average Bonchev–Trinajstić information content (AvgIpc) is 2.76. The van der Waals surface area contributed by atoms with Crippen LogP contribution in [0.4, 0.5) is 0 Å². The molecule has 22 heavy (non-hydrogen) atoms. The average molecular weight is 347 g/mol. The fourth-order valence-electron chi connectivity index (χ4n) is 2.54. The largest absolute Gasteiger partial charge is 0.358 e. The number of carbonyl (C=O) groups excluding carboxylic acids is 2. The summed E-state index contributed by atoms with van der Waals surface area (Å²) in [5, 5.41) is 6.34. The molecule has 0 aliphatic carbocycles. The molecule has 0 unspecified atom stereocenters. The van der Waals surface area contributed by atoms with Gasteiger partial charge in [-0.2, -0.15) is 0 Å². The summed E-state index contributed by atoms with van der Waals surface area (Å²) in [4.78, 5) is 25.7. The van der Waals surface area contributed by atoms with Gasteiger partial charge >= 0.3 is 0 Å². The Morgan fingerprint density at radius 1 is 1.32 bits per heavy atom. The number of amides is 2. The molecular weight excluding hydrogens is 327 g/mol. The number of aromatic nitrogens is 1. The van der Waals surface area contributed by atoms with E-state index in [9.17, 15) is 9.59 Å². The van der Waals surface area contributed by atoms with E-state index in [2.05, 4.69) is 15.5 Å². The normalized spacial score (nSPS) is 16.5. The van der Waals surface area contributed by atoms with Gasteiger partial charge in [-0.05, 0) is 18.9 Å². The van der Waals surface area contributed by atoms with E-state index in [1.165, 1.54) is 0 Å². The summed E-state index contributed by atoms with van der Waals surface area (Å²) in [5.41, 5.74) is 0.447. The molecule has 0 aromatic carbocycles. The van der Waals surface area contributed by atoms with Gasteiger partial charge in [0.25, 0.3) is 5.91 Å². The second-order valence-corrected chi connectivity index (χ2v) is 6.19. The van der Waals surface area contributed by atoms with E-state index in [0.29, 0.717) is 22.4 Å². The third-order valence-electron chi connectivity index (χ3n) is 3.92. The predicted octanol–water partition coefficient (Wildman–Crippen LogP) is 1.27. The zero-order valence-corrected chi connectivity index (χ0v) is 14.2. The monoisotopic (exact) mass is 346 g/mol. The van der Waals surface area contributed by atoms with Gasteiger partial charge in [-0.1, -0.05) is 23.2 Å². The number of carbonyl (C=O) groups is 2. The first-order chi connectivity index (χ1) is 10.4. The van der Waals surface area contributed by atoms with E-state index >= 15 is 0 Å². The quantitative estimate of drug-likeness (QED) is 0.862. The molecular formula is C14H20Cl2N4O2. The van der Waals surface area contributed by atoms with Gasteiger partial charge in [0, 0.05) is 33.2 Å². The first kappa shape index (κ1) is 17.1. The molecule has 2 N–H and O–H groups in total. The molecule has 0 radical (unpaired) electrons. The van der Waals surface area contributed by atoms with Crippen molar-refractivity contribution in [2.45, 2.75) is 18.9 Å². The molecule has 1 aromatic heterocycles. The van der Waals surface area contributed by atoms with Crippen molar-refractivity contribution in [1.82, 2.24) is 20.1 Å². The maximum Gasteiger partial charge on any atom is 0.268 e. The zero-order chi connectivity index (χ0) is 16.3. The van der Waals surface area contributed by atoms with E-state index in [1.807, 2.05) is 0 Å². The number of likely N-dealkylation sites (N-methyl/N-ethyl adjacent to an activating group) is 1. The second-order valence-electron chi connectivity index (χ2n) is 5.42. The van der Waals surface area contributed by atoms with Crippen molar-refractivity contribution in [3.05, 3.63) is 21.9 Å². The molecule has 0 atom stereocenters. The number of nitrogens with one attached hydrogen (secondary N) is 2. The lowest BCUT2D eigenvalue weighted by atomic mass is 10.0. The zero-order valence-electron chi connectivity index (χ0n) is 12.7. The summed E-state index contributed by atoms with van der Waals surface area (Å²) in [5.74, 6) is -0.170. The molecule has 8 heteroatoms. The third kappa shape index (κ3) is 3.94. The van der Waals surface area contributed by atoms with Gasteiger partial charge in [0.2, 0.25) is 5.91 Å². The van der Waals surface area contributed by atoms with E-state index in [0.717, 1.165) is 25.9 Å². The summed E-state index contributed by atoms with van der Waals surface area (Å²) in [6.45, 7) is 1.97. The Hall–Kier alpha value is -1.24. The molecule has 0 spiro atoms. The van der Waals surface area contributed by atoms with Crippen LogP contribution >= 0.6 is 23.2 Å². The standard InChI is InChI=1S/C14H20Cl2N4O2/c1-17-12(21)8-20-5-3-9(4-6-20)18-14(22)11-7-10(15)13(16)19(11)2/h7,9H,3-6,8H2,1-2H3,(H,17,21)(H,18,22). The van der Waals surface area contributed by atoms with Crippen LogP contribution in [0.25, 0.3) is 0 Å². The van der Waals surface area contributed by atoms with E-state index in [-0.39, 0.29) is 17.9 Å². The summed E-state index contributed by atoms with van der Waals surface area (Å²) in [7, 11) is 3.33. The van der Waals surface area contributed by atoms with Gasteiger partial charge in [0.05, 0.1) is 11.6 Å². The van der Waals surface area contributed by atoms with Crippen LogP contribution in [-0.4, -0.2) is 54.0 Å². The van der Waals surface area contributed by atoms with Crippen molar-refractivity contribution in [1.29, 1.82) is 0 Å². The highest BCUT2D eigenvalue weighted by Gasteiger charge is 2.24. The SMILES string of the molecule is CNC(=O)CN1CCC(NC(=O)c2cc(Cl)c(Cl)n2C)CC1. The molecule has 0 bridgehead atoms. The molecule has 1 saturated heterocycles. The Morgan fingerprint density at radius 2 is 1.95 bits per heavy atom. The highest BCUT2D eigenvalue weighted by atomic mass is 35.5. The Morgan fingerprint density at radius 3 is 2.45 bits per heavy atom. The van der Waals surface area contributed by atoms with E-state index in [1.54, 1.807) is 24.7 Å². The molecule has 2 rings (SSSR count). The van der Waals surface area contributed by atoms with Crippen LogP contribution in [0, 0.1) is 0 Å². The number of halogens is 2. The van der Waals surface area contributed by atoms with Crippen molar-refractivity contribution in [3.8, 4) is 0 Å². The van der Waals surface area contributed by atoms with Crippen molar-refractivity contribution >= 4 is 35.0 Å². The molecule has 1 aliphatic heterocycles. The second kappa shape index (κ2) is 7.35. The molecule has 2 heterocycles. The van der Waals surface area contributed by atoms with Crippen LogP contribution in [0.5, 0.6) is 0 Å². The highest BCUT2D eigenvalue weighted by molar-refractivity contribution is 6.41. The van der Waals surface area contributed by atoms with Crippen molar-refractivity contribution in [3.63, 3.8) is 0 Å². The lowest BCUT2D eigenvalue weighted by molar-refractivity contribution is -0.122. The van der Waals surface area contributed by atoms with E-state index in [4.69, 9.17) is 23.2 Å². The summed E-state index contributed by atoms with van der Waals surface area (Å²) in [6, 6.07) is 1.67. The predicted molar refractivity (Wildman–Crippen MR) is 86.4 cm³/mol. The van der Waals surface area contributed by atoms with Crippen LogP contribution in [-0.2, 0) is 11.8 Å². The Bertz CT molecular complexity index is 565. The number of hydrogen-bond donors (Lipinski definition) is 2. The Labute approximate surface area is 139 Å². The van der Waals surface area contributed by atoms with Gasteiger partial charge in [0.15, 0.2) is 0 Å². The number of piperidine rings is 1. The number of nitrogens with zero attached hydrogens (tertiary/aromatic N) is 2. The molecule has 2 amide bonds. The van der Waals surface area contributed by atoms with Crippen LogP contribution in [0.2, 0.25) is 10.2 Å². The first-order valence-electron chi connectivity index (χ1n) is 7.17. The molecule has 122 valence electrons. The van der Waals surface area contributed by atoms with Crippen molar-refractivity contribution in [2.75, 3.05) is 26.7 Å². The maximum absolute atomic E-state index is 12.3. The van der Waals surface area contributed by atoms with Crippen molar-refractivity contribution < 1.29 is 9.59 Å². The summed E-state index contributed by atoms with van der Waals surface area (Å²) in [6.07, 6.45) is 1.63. The van der Waals surface area contributed by atoms with Crippen LogP contribution in [0.15, 0.2) is 6.07 Å². The Kier molecular flexibility index (Phi) is 5.72. The van der Waals surface area contributed by atoms with Gasteiger partial charge in [0.1, 0.15) is 10.8 Å². The maximum atomic E-state index is 12.3. The van der Waals surface area contributed by atoms with Crippen molar-refractivity contribution in [2.24, 2.45) is 7.05 Å². The molecule has 1 aliphatic rings. The van der Waals surface area contributed by atoms with Gasteiger partial charge < -0.3 is 15.2 Å². The molecule has 0 saturated carbocycles. The van der Waals surface area contributed by atoms with Gasteiger partial charge in [-0.15, -0.1) is 0 Å². The topological polar surface area (TPSA) is 66.4 Å². The minimum absolute atomic E-state index is 0.00980. The Balaban J connectivity index is 1.86. The minimum Gasteiger partial charge on any atom is -0.358 e. The smallest absolute Gasteiger partial charge is 0.268 e. The lowest BCUT2D eigenvalue weighted by Gasteiger charge is -2.31. The fourth-order valence-corrected chi connectivity index (χ4v) is 2.91. The van der Waals surface area contributed by atoms with Crippen LogP contribution < -0.4 is 10.6 Å².